The summed E-state index contributed by atoms with van der Waals surface area (Å²) in [4.78, 5) is 42.5. The van der Waals surface area contributed by atoms with Gasteiger partial charge in [0, 0.05) is 30.7 Å². The van der Waals surface area contributed by atoms with Crippen LogP contribution in [0.25, 0.3) is 0 Å². The van der Waals surface area contributed by atoms with E-state index in [0.29, 0.717) is 19.3 Å². The van der Waals surface area contributed by atoms with Crippen LogP contribution in [-0.2, 0) is 14.3 Å². The number of rotatable bonds is 7. The summed E-state index contributed by atoms with van der Waals surface area (Å²) in [5.74, 6) is -1.97. The fourth-order valence-electron chi connectivity index (χ4n) is 4.53. The van der Waals surface area contributed by atoms with Crippen molar-refractivity contribution >= 4 is 17.7 Å². The van der Waals surface area contributed by atoms with E-state index < -0.39 is 29.1 Å². The maximum atomic E-state index is 13.0. The van der Waals surface area contributed by atoms with Crippen LogP contribution in [0.1, 0.15) is 58.2 Å². The Morgan fingerprint density at radius 2 is 2.09 bits per heavy atom. The number of hydrogen-bond acceptors (Lipinski definition) is 6. The minimum atomic E-state index is -0.687. The van der Waals surface area contributed by atoms with Gasteiger partial charge in [0.2, 0.25) is 5.78 Å². The van der Waals surface area contributed by atoms with Gasteiger partial charge in [-0.25, -0.2) is 4.98 Å². The van der Waals surface area contributed by atoms with Gasteiger partial charge < -0.3 is 4.74 Å². The third kappa shape index (κ3) is 4.74. The molecule has 0 aromatic carbocycles. The standard InChI is InChI=1S/C25H31N3O4/c1-5-25(3,4)24(31)32-20-14-18(22(29)23(30)28-12-11-27-15-28)13-17-9-8-16(2)19(21(17)20)7-6-10-26/h8-9,11-13,15-16,18-21H,5-7,14H2,1-4H3/t16-,18+,19-,20-,21-/m0/s1. The van der Waals surface area contributed by atoms with Gasteiger partial charge in [0.25, 0.3) is 5.91 Å². The van der Waals surface area contributed by atoms with Crippen LogP contribution in [0.4, 0.5) is 0 Å². The van der Waals surface area contributed by atoms with E-state index in [9.17, 15) is 14.4 Å². The van der Waals surface area contributed by atoms with E-state index in [1.807, 2.05) is 32.9 Å². The molecule has 1 aromatic rings. The molecule has 2 aliphatic carbocycles. The minimum Gasteiger partial charge on any atom is -0.461 e. The molecule has 0 fully saturated rings. The van der Waals surface area contributed by atoms with Crippen LogP contribution in [-0.4, -0.2) is 33.3 Å². The third-order valence-electron chi connectivity index (χ3n) is 6.96. The normalized spacial score (nSPS) is 27.1. The molecule has 0 saturated heterocycles. The number of hydrogen-bond donors (Lipinski definition) is 0. The molecule has 7 heteroatoms. The summed E-state index contributed by atoms with van der Waals surface area (Å²) < 4.78 is 7.22. The van der Waals surface area contributed by atoms with E-state index in [2.05, 4.69) is 24.1 Å². The van der Waals surface area contributed by atoms with Crippen molar-refractivity contribution in [2.45, 2.75) is 59.5 Å². The zero-order valence-corrected chi connectivity index (χ0v) is 19.2. The molecule has 3 rings (SSSR count). The SMILES string of the molecule is CCC(C)(C)C(=O)O[C@H]1C[C@H](C(=O)C(=O)n2ccnc2)C=C2C=C[C@H](C)[C@H](CCC#N)[C@H]21. The average molecular weight is 438 g/mol. The lowest BCUT2D eigenvalue weighted by atomic mass is 9.65. The van der Waals surface area contributed by atoms with E-state index in [4.69, 9.17) is 10.00 Å². The van der Waals surface area contributed by atoms with Crippen molar-refractivity contribution in [1.82, 2.24) is 9.55 Å². The number of aromatic nitrogens is 2. The van der Waals surface area contributed by atoms with Crippen molar-refractivity contribution in [3.63, 3.8) is 0 Å². The van der Waals surface area contributed by atoms with Gasteiger partial charge >= 0.3 is 5.97 Å². The summed E-state index contributed by atoms with van der Waals surface area (Å²) in [7, 11) is 0. The Morgan fingerprint density at radius 1 is 1.34 bits per heavy atom. The molecule has 2 aliphatic rings. The van der Waals surface area contributed by atoms with E-state index >= 15 is 0 Å². The second-order valence-electron chi connectivity index (χ2n) is 9.43. The van der Waals surface area contributed by atoms with Crippen LogP contribution in [0.3, 0.4) is 0 Å². The highest BCUT2D eigenvalue weighted by Gasteiger charge is 2.45. The summed E-state index contributed by atoms with van der Waals surface area (Å²) in [6, 6.07) is 2.22. The van der Waals surface area contributed by atoms with Crippen molar-refractivity contribution in [3.8, 4) is 6.07 Å². The molecule has 1 heterocycles. The highest BCUT2D eigenvalue weighted by molar-refractivity contribution is 6.38. The molecule has 0 N–H and O–H groups in total. The van der Waals surface area contributed by atoms with Crippen LogP contribution < -0.4 is 0 Å². The number of esters is 1. The summed E-state index contributed by atoms with van der Waals surface area (Å²) in [5, 5.41) is 9.14. The van der Waals surface area contributed by atoms with Gasteiger partial charge in [0.15, 0.2) is 0 Å². The van der Waals surface area contributed by atoms with Crippen LogP contribution in [0.15, 0.2) is 42.5 Å². The molecule has 5 atom stereocenters. The molecule has 7 nitrogen and oxygen atoms in total. The predicted molar refractivity (Wildman–Crippen MR) is 118 cm³/mol. The predicted octanol–water partition coefficient (Wildman–Crippen LogP) is 4.13. The number of carbonyl (C=O) groups excluding carboxylic acids is 3. The van der Waals surface area contributed by atoms with Crippen molar-refractivity contribution < 1.29 is 19.1 Å². The Balaban J connectivity index is 1.95. The lowest BCUT2D eigenvalue weighted by Crippen LogP contribution is -2.45. The van der Waals surface area contributed by atoms with E-state index in [1.165, 1.54) is 23.3 Å². The topological polar surface area (TPSA) is 102 Å². The van der Waals surface area contributed by atoms with Crippen LogP contribution in [0, 0.1) is 40.4 Å². The Bertz CT molecular complexity index is 968. The second kappa shape index (κ2) is 9.64. The number of ketones is 1. The monoisotopic (exact) mass is 437 g/mol. The van der Waals surface area contributed by atoms with Crippen molar-refractivity contribution in [3.05, 3.63) is 42.5 Å². The van der Waals surface area contributed by atoms with Gasteiger partial charge in [-0.1, -0.05) is 32.1 Å². The lowest BCUT2D eigenvalue weighted by molar-refractivity contribution is -0.165. The van der Waals surface area contributed by atoms with E-state index in [1.54, 1.807) is 0 Å². The summed E-state index contributed by atoms with van der Waals surface area (Å²) in [5.41, 5.74) is 0.257. The summed E-state index contributed by atoms with van der Waals surface area (Å²) >= 11 is 0. The first kappa shape index (κ1) is 23.6. The maximum Gasteiger partial charge on any atom is 0.311 e. The maximum absolute atomic E-state index is 13.0. The summed E-state index contributed by atoms with van der Waals surface area (Å²) in [6.45, 7) is 7.72. The van der Waals surface area contributed by atoms with Crippen LogP contribution in [0.5, 0.6) is 0 Å². The molecule has 0 radical (unpaired) electrons. The third-order valence-corrected chi connectivity index (χ3v) is 6.96. The average Bonchev–Trinajstić information content (AvgIpc) is 3.32. The molecular formula is C25H31N3O4. The fraction of sp³-hybridized carbons (Fsp3) is 0.560. The number of carbonyl (C=O) groups is 3. The number of nitriles is 1. The van der Waals surface area contributed by atoms with Crippen LogP contribution >= 0.6 is 0 Å². The number of ether oxygens (including phenoxy) is 1. The highest BCUT2D eigenvalue weighted by atomic mass is 16.5. The quantitative estimate of drug-likeness (QED) is 0.469. The molecule has 0 saturated carbocycles. The zero-order chi connectivity index (χ0) is 23.5. The number of Topliss-reactive ketones (excluding diaryl/α,β-unsaturated/α-hetero) is 1. The first-order valence-corrected chi connectivity index (χ1v) is 11.2. The molecule has 0 spiro atoms. The van der Waals surface area contributed by atoms with Gasteiger partial charge in [-0.3, -0.25) is 19.0 Å². The first-order chi connectivity index (χ1) is 15.2. The van der Waals surface area contributed by atoms with Crippen LogP contribution in [0.2, 0.25) is 0 Å². The molecule has 170 valence electrons. The fourth-order valence-corrected chi connectivity index (χ4v) is 4.53. The Kier molecular flexibility index (Phi) is 7.12. The van der Waals surface area contributed by atoms with E-state index in [-0.39, 0.29) is 30.1 Å². The molecule has 0 amide bonds. The molecule has 32 heavy (non-hydrogen) atoms. The van der Waals surface area contributed by atoms with Gasteiger partial charge in [0.05, 0.1) is 11.5 Å². The molecule has 0 bridgehead atoms. The van der Waals surface area contributed by atoms with Crippen molar-refractivity contribution in [2.75, 3.05) is 0 Å². The number of allylic oxidation sites excluding steroid dienone is 3. The molecule has 1 aromatic heterocycles. The first-order valence-electron chi connectivity index (χ1n) is 11.2. The van der Waals surface area contributed by atoms with Gasteiger partial charge in [0.1, 0.15) is 12.4 Å². The zero-order valence-electron chi connectivity index (χ0n) is 19.2. The number of nitrogens with zero attached hydrogens (tertiary/aromatic N) is 3. The summed E-state index contributed by atoms with van der Waals surface area (Å²) in [6.07, 6.45) is 11.5. The molecule has 0 unspecified atom stereocenters. The van der Waals surface area contributed by atoms with Gasteiger partial charge in [-0.05, 0) is 50.5 Å². The largest absolute Gasteiger partial charge is 0.461 e. The van der Waals surface area contributed by atoms with Gasteiger partial charge in [-0.15, -0.1) is 0 Å². The van der Waals surface area contributed by atoms with Crippen molar-refractivity contribution in [2.24, 2.45) is 29.1 Å². The Labute approximate surface area is 189 Å². The minimum absolute atomic E-state index is 0.104. The Hall–Kier alpha value is -3.01. The number of fused-ring (bicyclic) bond motifs is 1. The Morgan fingerprint density at radius 3 is 2.72 bits per heavy atom. The smallest absolute Gasteiger partial charge is 0.311 e. The van der Waals surface area contributed by atoms with E-state index in [0.717, 1.165) is 5.57 Å². The number of imidazole rings is 1. The molecule has 0 aliphatic heterocycles. The highest BCUT2D eigenvalue weighted by Crippen LogP contribution is 2.45. The second-order valence-corrected chi connectivity index (χ2v) is 9.43. The molecular weight excluding hydrogens is 406 g/mol. The lowest BCUT2D eigenvalue weighted by Gasteiger charge is -2.43. The van der Waals surface area contributed by atoms with Gasteiger partial charge in [-0.2, -0.15) is 5.26 Å². The van der Waals surface area contributed by atoms with Crippen molar-refractivity contribution in [1.29, 1.82) is 5.26 Å².